The van der Waals surface area contributed by atoms with E-state index < -0.39 is 0 Å². The highest BCUT2D eigenvalue weighted by atomic mass is 16.5. The monoisotopic (exact) mass is 211 g/mol. The van der Waals surface area contributed by atoms with Gasteiger partial charge in [0.05, 0.1) is 12.1 Å². The summed E-state index contributed by atoms with van der Waals surface area (Å²) in [5, 5.41) is 0. The van der Waals surface area contributed by atoms with Crippen LogP contribution in [0.3, 0.4) is 0 Å². The molecule has 0 aliphatic heterocycles. The summed E-state index contributed by atoms with van der Waals surface area (Å²) in [6.45, 7) is 7.16. The maximum Gasteiger partial charge on any atom is 0.0787 e. The van der Waals surface area contributed by atoms with Crippen molar-refractivity contribution in [3.63, 3.8) is 0 Å². The first-order chi connectivity index (χ1) is 7.16. The molecule has 0 spiro atoms. The highest BCUT2D eigenvalue weighted by Gasteiger charge is 2.25. The van der Waals surface area contributed by atoms with Crippen LogP contribution in [0.2, 0.25) is 0 Å². The molecule has 88 valence electrons. The molecule has 1 rings (SSSR count). The van der Waals surface area contributed by atoms with E-state index in [9.17, 15) is 0 Å². The predicted molar refractivity (Wildman–Crippen MR) is 64.8 cm³/mol. The molecule has 15 heavy (non-hydrogen) atoms. The number of rotatable bonds is 5. The molecule has 0 saturated heterocycles. The molecule has 0 aromatic heterocycles. The van der Waals surface area contributed by atoms with Crippen LogP contribution in [0.5, 0.6) is 0 Å². The van der Waals surface area contributed by atoms with Crippen LogP contribution in [-0.4, -0.2) is 18.8 Å². The van der Waals surface area contributed by atoms with Gasteiger partial charge >= 0.3 is 0 Å². The maximum absolute atomic E-state index is 6.29. The van der Waals surface area contributed by atoms with E-state index in [-0.39, 0.29) is 12.1 Å². The van der Waals surface area contributed by atoms with Gasteiger partial charge in [0.15, 0.2) is 0 Å². The lowest BCUT2D eigenvalue weighted by Gasteiger charge is -2.30. The van der Waals surface area contributed by atoms with Crippen LogP contribution in [0.4, 0.5) is 0 Å². The zero-order chi connectivity index (χ0) is 11.3. The molecule has 0 radical (unpaired) electrons. The second kappa shape index (κ2) is 6.29. The van der Waals surface area contributed by atoms with Crippen LogP contribution in [-0.2, 0) is 4.74 Å². The highest BCUT2D eigenvalue weighted by Crippen LogP contribution is 2.24. The molecule has 1 aliphatic rings. The lowest BCUT2D eigenvalue weighted by Crippen LogP contribution is -2.42. The molecule has 2 atom stereocenters. The molecule has 0 heterocycles. The molecule has 1 aliphatic carbocycles. The van der Waals surface area contributed by atoms with Crippen molar-refractivity contribution in [1.29, 1.82) is 0 Å². The normalized spacial score (nSPS) is 21.3. The molecule has 0 saturated carbocycles. The Kier molecular flexibility index (Phi) is 5.34. The van der Waals surface area contributed by atoms with Crippen molar-refractivity contribution in [2.24, 2.45) is 11.7 Å². The number of allylic oxidation sites excluding steroid dienone is 1. The van der Waals surface area contributed by atoms with Crippen molar-refractivity contribution < 1.29 is 4.74 Å². The Balaban J connectivity index is 2.61. The van der Waals surface area contributed by atoms with E-state index in [4.69, 9.17) is 10.5 Å². The van der Waals surface area contributed by atoms with E-state index in [2.05, 4.69) is 19.9 Å². The number of hydrogen-bond donors (Lipinski definition) is 1. The van der Waals surface area contributed by atoms with Crippen molar-refractivity contribution in [2.45, 2.75) is 58.6 Å². The third-order valence-electron chi connectivity index (χ3n) is 3.12. The molecule has 2 heteroatoms. The van der Waals surface area contributed by atoms with Gasteiger partial charge in [-0.05, 0) is 38.5 Å². The highest BCUT2D eigenvalue weighted by molar-refractivity contribution is 5.14. The van der Waals surface area contributed by atoms with Crippen LogP contribution in [0.1, 0.15) is 46.5 Å². The summed E-state index contributed by atoms with van der Waals surface area (Å²) in [6, 6.07) is 0.102. The molecule has 2 N–H and O–H groups in total. The summed E-state index contributed by atoms with van der Waals surface area (Å²) in [6.07, 6.45) is 7.47. The maximum atomic E-state index is 6.29. The minimum atomic E-state index is 0.102. The first-order valence-corrected chi connectivity index (χ1v) is 6.23. The molecule has 0 fully saturated rings. The Labute approximate surface area is 93.9 Å². The lowest BCUT2D eigenvalue weighted by atomic mass is 9.88. The number of hydrogen-bond acceptors (Lipinski definition) is 2. The second-order valence-electron chi connectivity index (χ2n) is 4.71. The van der Waals surface area contributed by atoms with Crippen molar-refractivity contribution in [1.82, 2.24) is 0 Å². The van der Waals surface area contributed by atoms with E-state index in [0.29, 0.717) is 5.92 Å². The fourth-order valence-corrected chi connectivity index (χ4v) is 2.28. The molecule has 2 nitrogen and oxygen atoms in total. The molecule has 0 bridgehead atoms. The van der Waals surface area contributed by atoms with Crippen LogP contribution >= 0.6 is 0 Å². The summed E-state index contributed by atoms with van der Waals surface area (Å²) >= 11 is 0. The number of ether oxygens (including phenoxy) is 1. The van der Waals surface area contributed by atoms with E-state index in [0.717, 1.165) is 13.0 Å². The summed E-state index contributed by atoms with van der Waals surface area (Å²) in [5.41, 5.74) is 7.70. The molecule has 0 amide bonds. The number of nitrogens with two attached hydrogens (primary N) is 1. The van der Waals surface area contributed by atoms with Crippen LogP contribution in [0.15, 0.2) is 11.6 Å². The molecule has 2 unspecified atom stereocenters. The Bertz CT molecular complexity index is 211. The minimum Gasteiger partial charge on any atom is -0.376 e. The standard InChI is InChI=1S/C13H25NO/c1-4-15-13(10(2)3)12(14)11-8-6-5-7-9-11/h8,10,12-13H,4-7,9,14H2,1-3H3. The van der Waals surface area contributed by atoms with Crippen molar-refractivity contribution in [3.05, 3.63) is 11.6 Å². The SMILES string of the molecule is CCOC(C(C)C)C(N)C1=CCCCC1. The Morgan fingerprint density at radius 3 is 2.60 bits per heavy atom. The van der Waals surface area contributed by atoms with E-state index in [1.807, 2.05) is 6.92 Å². The van der Waals surface area contributed by atoms with Crippen molar-refractivity contribution >= 4 is 0 Å². The second-order valence-corrected chi connectivity index (χ2v) is 4.71. The van der Waals surface area contributed by atoms with Gasteiger partial charge < -0.3 is 10.5 Å². The topological polar surface area (TPSA) is 35.2 Å². The first-order valence-electron chi connectivity index (χ1n) is 6.23. The average Bonchev–Trinajstić information content (AvgIpc) is 2.26. The fourth-order valence-electron chi connectivity index (χ4n) is 2.28. The van der Waals surface area contributed by atoms with Gasteiger partial charge in [0.25, 0.3) is 0 Å². The van der Waals surface area contributed by atoms with Gasteiger partial charge in [-0.15, -0.1) is 0 Å². The van der Waals surface area contributed by atoms with Gasteiger partial charge in [-0.25, -0.2) is 0 Å². The van der Waals surface area contributed by atoms with Crippen molar-refractivity contribution in [2.75, 3.05) is 6.61 Å². The van der Waals surface area contributed by atoms with Crippen LogP contribution in [0, 0.1) is 5.92 Å². The fraction of sp³-hybridized carbons (Fsp3) is 0.846. The van der Waals surface area contributed by atoms with E-state index >= 15 is 0 Å². The summed E-state index contributed by atoms with van der Waals surface area (Å²) < 4.78 is 5.75. The minimum absolute atomic E-state index is 0.102. The summed E-state index contributed by atoms with van der Waals surface area (Å²) in [4.78, 5) is 0. The Morgan fingerprint density at radius 1 is 1.40 bits per heavy atom. The van der Waals surface area contributed by atoms with E-state index in [1.54, 1.807) is 0 Å². The quantitative estimate of drug-likeness (QED) is 0.710. The van der Waals surface area contributed by atoms with Gasteiger partial charge in [0.2, 0.25) is 0 Å². The third-order valence-corrected chi connectivity index (χ3v) is 3.12. The zero-order valence-electron chi connectivity index (χ0n) is 10.3. The Hall–Kier alpha value is -0.340. The molecule has 0 aromatic rings. The van der Waals surface area contributed by atoms with Crippen molar-refractivity contribution in [3.8, 4) is 0 Å². The first kappa shape index (κ1) is 12.7. The van der Waals surface area contributed by atoms with Gasteiger partial charge in [0.1, 0.15) is 0 Å². The van der Waals surface area contributed by atoms with Crippen LogP contribution < -0.4 is 5.73 Å². The molecular formula is C13H25NO. The summed E-state index contributed by atoms with van der Waals surface area (Å²) in [7, 11) is 0. The molecule has 0 aromatic carbocycles. The zero-order valence-corrected chi connectivity index (χ0v) is 10.3. The van der Waals surface area contributed by atoms with Gasteiger partial charge in [-0.1, -0.05) is 25.5 Å². The van der Waals surface area contributed by atoms with Gasteiger partial charge in [-0.2, -0.15) is 0 Å². The van der Waals surface area contributed by atoms with Gasteiger partial charge in [0, 0.05) is 6.61 Å². The van der Waals surface area contributed by atoms with Crippen LogP contribution in [0.25, 0.3) is 0 Å². The predicted octanol–water partition coefficient (Wildman–Crippen LogP) is 2.88. The smallest absolute Gasteiger partial charge is 0.0787 e. The average molecular weight is 211 g/mol. The van der Waals surface area contributed by atoms with E-state index in [1.165, 1.54) is 24.8 Å². The lowest BCUT2D eigenvalue weighted by molar-refractivity contribution is 0.0193. The third kappa shape index (κ3) is 3.62. The van der Waals surface area contributed by atoms with Gasteiger partial charge in [-0.3, -0.25) is 0 Å². The Morgan fingerprint density at radius 2 is 2.13 bits per heavy atom. The molecular weight excluding hydrogens is 186 g/mol. The largest absolute Gasteiger partial charge is 0.376 e. The summed E-state index contributed by atoms with van der Waals surface area (Å²) in [5.74, 6) is 0.489.